The van der Waals surface area contributed by atoms with Crippen LogP contribution in [-0.4, -0.2) is 16.1 Å². The van der Waals surface area contributed by atoms with E-state index in [1.54, 1.807) is 6.07 Å². The van der Waals surface area contributed by atoms with Crippen LogP contribution in [0.25, 0.3) is 0 Å². The van der Waals surface area contributed by atoms with Crippen LogP contribution in [0.3, 0.4) is 0 Å². The summed E-state index contributed by atoms with van der Waals surface area (Å²) in [4.78, 5) is 15.2. The van der Waals surface area contributed by atoms with Crippen LogP contribution < -0.4 is 5.32 Å². The summed E-state index contributed by atoms with van der Waals surface area (Å²) in [5, 5.41) is 12.6. The van der Waals surface area contributed by atoms with Crippen molar-refractivity contribution in [3.8, 4) is 0 Å². The van der Waals surface area contributed by atoms with Gasteiger partial charge in [-0.3, -0.25) is 0 Å². The van der Waals surface area contributed by atoms with Crippen molar-refractivity contribution < 1.29 is 9.90 Å². The molecule has 0 radical (unpaired) electrons. The molecule has 0 spiro atoms. The summed E-state index contributed by atoms with van der Waals surface area (Å²) < 4.78 is 1.59. The first kappa shape index (κ1) is 14.5. The van der Waals surface area contributed by atoms with Crippen molar-refractivity contribution >= 4 is 67.6 Å². The van der Waals surface area contributed by atoms with E-state index >= 15 is 0 Å². The zero-order chi connectivity index (χ0) is 14.0. The summed E-state index contributed by atoms with van der Waals surface area (Å²) in [5.74, 6) is -0.808. The topological polar surface area (TPSA) is 62.2 Å². The standard InChI is InChI=1S/C12H7BrClIN2O2/c13-6-3-8(12(18)19)11(16-5-6)17-10-4-7(15)1-2-9(10)14/h1-5H,(H,16,17)(H,18,19). The molecule has 0 amide bonds. The lowest BCUT2D eigenvalue weighted by atomic mass is 10.2. The molecule has 4 nitrogen and oxygen atoms in total. The Labute approximate surface area is 136 Å². The zero-order valence-corrected chi connectivity index (χ0v) is 13.8. The molecule has 98 valence electrons. The van der Waals surface area contributed by atoms with E-state index in [4.69, 9.17) is 16.7 Å². The smallest absolute Gasteiger partial charge is 0.339 e. The van der Waals surface area contributed by atoms with E-state index in [0.717, 1.165) is 3.57 Å². The lowest BCUT2D eigenvalue weighted by molar-refractivity contribution is 0.0697. The summed E-state index contributed by atoms with van der Waals surface area (Å²) in [6, 6.07) is 6.91. The van der Waals surface area contributed by atoms with Crippen molar-refractivity contribution in [2.45, 2.75) is 0 Å². The van der Waals surface area contributed by atoms with E-state index < -0.39 is 5.97 Å². The fourth-order valence-electron chi connectivity index (χ4n) is 1.42. The Bertz CT molecular complexity index is 652. The third-order valence-electron chi connectivity index (χ3n) is 2.27. The van der Waals surface area contributed by atoms with Gasteiger partial charge in [-0.2, -0.15) is 0 Å². The second kappa shape index (κ2) is 6.06. The molecule has 19 heavy (non-hydrogen) atoms. The third kappa shape index (κ3) is 3.58. The third-order valence-corrected chi connectivity index (χ3v) is 3.70. The maximum absolute atomic E-state index is 11.2. The molecule has 0 aliphatic rings. The van der Waals surface area contributed by atoms with Crippen molar-refractivity contribution in [3.63, 3.8) is 0 Å². The number of carboxylic acids is 1. The number of hydrogen-bond acceptors (Lipinski definition) is 3. The molecule has 0 aliphatic heterocycles. The quantitative estimate of drug-likeness (QED) is 0.670. The number of rotatable bonds is 3. The molecule has 1 aromatic heterocycles. The Hall–Kier alpha value is -0.860. The van der Waals surface area contributed by atoms with E-state index in [1.165, 1.54) is 12.3 Å². The molecule has 1 aromatic carbocycles. The van der Waals surface area contributed by atoms with E-state index in [-0.39, 0.29) is 11.4 Å². The van der Waals surface area contributed by atoms with Crippen molar-refractivity contribution in [1.29, 1.82) is 0 Å². The van der Waals surface area contributed by atoms with Crippen LogP contribution in [0.15, 0.2) is 34.9 Å². The van der Waals surface area contributed by atoms with Crippen molar-refractivity contribution in [3.05, 3.63) is 49.1 Å². The summed E-state index contributed by atoms with van der Waals surface area (Å²) in [5.41, 5.74) is 0.690. The number of aromatic carboxylic acids is 1. The highest BCUT2D eigenvalue weighted by Crippen LogP contribution is 2.28. The summed E-state index contributed by atoms with van der Waals surface area (Å²) in [6.07, 6.45) is 1.52. The van der Waals surface area contributed by atoms with E-state index in [0.29, 0.717) is 15.2 Å². The predicted octanol–water partition coefficient (Wildman–Crippen LogP) is 4.54. The Morgan fingerprint density at radius 3 is 2.84 bits per heavy atom. The molecular weight excluding hydrogens is 446 g/mol. The molecule has 0 atom stereocenters. The van der Waals surface area contributed by atoms with E-state index in [1.807, 2.05) is 12.1 Å². The number of pyridine rings is 1. The molecule has 0 fully saturated rings. The second-order valence-corrected chi connectivity index (χ2v) is 6.17. The largest absolute Gasteiger partial charge is 0.478 e. The minimum absolute atomic E-state index is 0.0734. The minimum Gasteiger partial charge on any atom is -0.478 e. The number of benzene rings is 1. The van der Waals surface area contributed by atoms with Crippen LogP contribution in [0.5, 0.6) is 0 Å². The molecular formula is C12H7BrClIN2O2. The molecule has 2 aromatic rings. The first-order chi connectivity index (χ1) is 8.97. The van der Waals surface area contributed by atoms with Crippen LogP contribution >= 0.6 is 50.1 Å². The lowest BCUT2D eigenvalue weighted by Crippen LogP contribution is -2.05. The van der Waals surface area contributed by atoms with Gasteiger partial charge in [-0.25, -0.2) is 9.78 Å². The van der Waals surface area contributed by atoms with Gasteiger partial charge in [-0.15, -0.1) is 0 Å². The Morgan fingerprint density at radius 2 is 2.16 bits per heavy atom. The first-order valence-corrected chi connectivity index (χ1v) is 7.33. The van der Waals surface area contributed by atoms with Gasteiger partial charge in [0.1, 0.15) is 11.4 Å². The normalized spacial score (nSPS) is 10.3. The van der Waals surface area contributed by atoms with Crippen LogP contribution in [0.4, 0.5) is 11.5 Å². The molecule has 0 aliphatic carbocycles. The molecule has 0 unspecified atom stereocenters. The van der Waals surface area contributed by atoms with Gasteiger partial charge in [0.25, 0.3) is 0 Å². The number of halogens is 3. The lowest BCUT2D eigenvalue weighted by Gasteiger charge is -2.10. The number of nitrogens with one attached hydrogen (secondary N) is 1. The molecule has 2 N–H and O–H groups in total. The Balaban J connectivity index is 2.43. The van der Waals surface area contributed by atoms with Crippen LogP contribution in [0.1, 0.15) is 10.4 Å². The maximum atomic E-state index is 11.2. The minimum atomic E-state index is -1.06. The van der Waals surface area contributed by atoms with Crippen molar-refractivity contribution in [2.24, 2.45) is 0 Å². The number of anilines is 2. The number of aromatic nitrogens is 1. The van der Waals surface area contributed by atoms with Gasteiger partial charge in [0, 0.05) is 14.2 Å². The molecule has 2 rings (SSSR count). The van der Waals surface area contributed by atoms with Crippen LogP contribution in [0, 0.1) is 3.57 Å². The van der Waals surface area contributed by atoms with Crippen molar-refractivity contribution in [2.75, 3.05) is 5.32 Å². The summed E-state index contributed by atoms with van der Waals surface area (Å²) in [7, 11) is 0. The van der Waals surface area contributed by atoms with E-state index in [2.05, 4.69) is 48.8 Å². The molecule has 0 saturated heterocycles. The Morgan fingerprint density at radius 1 is 1.42 bits per heavy atom. The highest BCUT2D eigenvalue weighted by atomic mass is 127. The number of carboxylic acid groups (broad SMARTS) is 1. The van der Waals surface area contributed by atoms with Gasteiger partial charge in [0.2, 0.25) is 0 Å². The monoisotopic (exact) mass is 452 g/mol. The fraction of sp³-hybridized carbons (Fsp3) is 0. The van der Waals surface area contributed by atoms with Crippen LogP contribution in [-0.2, 0) is 0 Å². The predicted molar refractivity (Wildman–Crippen MR) is 86.3 cm³/mol. The fourth-order valence-corrected chi connectivity index (χ4v) is 2.41. The maximum Gasteiger partial charge on any atom is 0.339 e. The van der Waals surface area contributed by atoms with Crippen LogP contribution in [0.2, 0.25) is 5.02 Å². The highest BCUT2D eigenvalue weighted by molar-refractivity contribution is 14.1. The van der Waals surface area contributed by atoms with Gasteiger partial charge < -0.3 is 10.4 Å². The van der Waals surface area contributed by atoms with E-state index in [9.17, 15) is 4.79 Å². The van der Waals surface area contributed by atoms with Crippen molar-refractivity contribution in [1.82, 2.24) is 4.98 Å². The van der Waals surface area contributed by atoms with Gasteiger partial charge >= 0.3 is 5.97 Å². The van der Waals surface area contributed by atoms with Gasteiger partial charge in [-0.1, -0.05) is 11.6 Å². The molecule has 1 heterocycles. The number of carbonyl (C=O) groups is 1. The molecule has 0 bridgehead atoms. The summed E-state index contributed by atoms with van der Waals surface area (Å²) >= 11 is 11.4. The molecule has 0 saturated carbocycles. The first-order valence-electron chi connectivity index (χ1n) is 5.08. The van der Waals surface area contributed by atoms with Gasteiger partial charge in [0.05, 0.1) is 10.7 Å². The summed E-state index contributed by atoms with van der Waals surface area (Å²) in [6.45, 7) is 0. The highest BCUT2D eigenvalue weighted by Gasteiger charge is 2.13. The SMILES string of the molecule is O=C(O)c1cc(Br)cnc1Nc1cc(I)ccc1Cl. The Kier molecular flexibility index (Phi) is 4.64. The molecule has 7 heteroatoms. The average molecular weight is 453 g/mol. The average Bonchev–Trinajstić information content (AvgIpc) is 2.35. The zero-order valence-electron chi connectivity index (χ0n) is 9.32. The second-order valence-electron chi connectivity index (χ2n) is 3.60. The van der Waals surface area contributed by atoms with Gasteiger partial charge in [0.15, 0.2) is 0 Å². The van der Waals surface area contributed by atoms with Gasteiger partial charge in [-0.05, 0) is 62.8 Å². The number of nitrogens with zero attached hydrogens (tertiary/aromatic N) is 1. The number of hydrogen-bond donors (Lipinski definition) is 2.